The van der Waals surface area contributed by atoms with Crippen molar-refractivity contribution in [2.75, 3.05) is 11.5 Å². The molecule has 0 spiro atoms. The summed E-state index contributed by atoms with van der Waals surface area (Å²) >= 11 is 0. The highest BCUT2D eigenvalue weighted by atomic mass is 32.2. The van der Waals surface area contributed by atoms with E-state index in [9.17, 15) is 18.0 Å². The first kappa shape index (κ1) is 15.7. The number of para-hydroxylation sites is 1. The standard InChI is InChI=1S/C16H18N2O4S/c19-15(17-13-7-8-23(21,22)10-13)6-5-12-9-11-3-1-2-4-14(11)18-16(12)20/h1-4,9,13H,5-8,10H2,(H,17,19)(H,18,20)/t13-/m1/s1. The topological polar surface area (TPSA) is 96.1 Å². The van der Waals surface area contributed by atoms with Gasteiger partial charge in [-0.3, -0.25) is 9.59 Å². The Bertz CT molecular complexity index is 902. The van der Waals surface area contributed by atoms with E-state index in [0.29, 0.717) is 18.4 Å². The Labute approximate surface area is 133 Å². The van der Waals surface area contributed by atoms with E-state index in [4.69, 9.17) is 0 Å². The summed E-state index contributed by atoms with van der Waals surface area (Å²) in [5.74, 6) is -0.0860. The molecule has 3 rings (SSSR count). The molecule has 7 heteroatoms. The van der Waals surface area contributed by atoms with Gasteiger partial charge in [0.1, 0.15) is 0 Å². The molecular weight excluding hydrogens is 316 g/mol. The Morgan fingerprint density at radius 3 is 2.83 bits per heavy atom. The molecule has 1 amide bonds. The maximum absolute atomic E-state index is 12.0. The molecule has 1 aromatic heterocycles. The molecule has 2 aromatic rings. The van der Waals surface area contributed by atoms with Gasteiger partial charge in [0, 0.05) is 23.5 Å². The predicted octanol–water partition coefficient (Wildman–Crippen LogP) is 0.764. The molecule has 1 aliphatic heterocycles. The zero-order valence-electron chi connectivity index (χ0n) is 12.5. The van der Waals surface area contributed by atoms with Crippen molar-refractivity contribution < 1.29 is 13.2 Å². The Balaban J connectivity index is 1.63. The Morgan fingerprint density at radius 2 is 2.09 bits per heavy atom. The minimum atomic E-state index is -3.01. The van der Waals surface area contributed by atoms with Crippen molar-refractivity contribution in [3.8, 4) is 0 Å². The molecule has 0 radical (unpaired) electrons. The average Bonchev–Trinajstić information content (AvgIpc) is 2.84. The number of pyridine rings is 1. The molecule has 1 aromatic carbocycles. The molecule has 2 N–H and O–H groups in total. The number of sulfone groups is 1. The second kappa shape index (κ2) is 6.16. The maximum Gasteiger partial charge on any atom is 0.251 e. The molecule has 1 aliphatic rings. The summed E-state index contributed by atoms with van der Waals surface area (Å²) in [5, 5.41) is 3.65. The van der Waals surface area contributed by atoms with Crippen LogP contribution in [0.15, 0.2) is 35.1 Å². The minimum absolute atomic E-state index is 0.00922. The zero-order valence-corrected chi connectivity index (χ0v) is 13.4. The number of nitrogens with one attached hydrogen (secondary N) is 2. The van der Waals surface area contributed by atoms with Crippen LogP contribution >= 0.6 is 0 Å². The summed E-state index contributed by atoms with van der Waals surface area (Å²) in [6.45, 7) is 0. The first-order valence-electron chi connectivity index (χ1n) is 7.54. The Hall–Kier alpha value is -2.15. The minimum Gasteiger partial charge on any atom is -0.352 e. The van der Waals surface area contributed by atoms with Crippen LogP contribution in [0.2, 0.25) is 0 Å². The number of fused-ring (bicyclic) bond motifs is 1. The van der Waals surface area contributed by atoms with Crippen LogP contribution in [0.4, 0.5) is 0 Å². The number of hydrogen-bond donors (Lipinski definition) is 2. The number of carbonyl (C=O) groups is 1. The largest absolute Gasteiger partial charge is 0.352 e. The van der Waals surface area contributed by atoms with Crippen LogP contribution in [0.3, 0.4) is 0 Å². The van der Waals surface area contributed by atoms with Gasteiger partial charge < -0.3 is 10.3 Å². The molecule has 0 saturated carbocycles. The van der Waals surface area contributed by atoms with Crippen LogP contribution in [0.5, 0.6) is 0 Å². The molecule has 1 fully saturated rings. The zero-order chi connectivity index (χ0) is 16.4. The number of carbonyl (C=O) groups excluding carboxylic acids is 1. The molecule has 23 heavy (non-hydrogen) atoms. The Morgan fingerprint density at radius 1 is 1.30 bits per heavy atom. The van der Waals surface area contributed by atoms with Gasteiger partial charge in [0.25, 0.3) is 5.56 Å². The van der Waals surface area contributed by atoms with Gasteiger partial charge in [-0.05, 0) is 30.4 Å². The van der Waals surface area contributed by atoms with Gasteiger partial charge in [0.2, 0.25) is 5.91 Å². The summed E-state index contributed by atoms with van der Waals surface area (Å²) < 4.78 is 22.7. The highest BCUT2D eigenvalue weighted by Crippen LogP contribution is 2.13. The monoisotopic (exact) mass is 334 g/mol. The fourth-order valence-corrected chi connectivity index (χ4v) is 4.51. The fraction of sp³-hybridized carbons (Fsp3) is 0.375. The summed E-state index contributed by atoms with van der Waals surface area (Å²) in [7, 11) is -3.01. The van der Waals surface area contributed by atoms with E-state index in [0.717, 1.165) is 10.9 Å². The van der Waals surface area contributed by atoms with Crippen LogP contribution in [0.1, 0.15) is 18.4 Å². The lowest BCUT2D eigenvalue weighted by molar-refractivity contribution is -0.121. The van der Waals surface area contributed by atoms with Gasteiger partial charge in [-0.25, -0.2) is 8.42 Å². The van der Waals surface area contributed by atoms with E-state index in [1.54, 1.807) is 6.07 Å². The summed E-state index contributed by atoms with van der Waals surface area (Å²) in [4.78, 5) is 26.7. The lowest BCUT2D eigenvalue weighted by Crippen LogP contribution is -2.35. The van der Waals surface area contributed by atoms with E-state index in [2.05, 4.69) is 10.3 Å². The van der Waals surface area contributed by atoms with Crippen molar-refractivity contribution >= 4 is 26.6 Å². The van der Waals surface area contributed by atoms with E-state index >= 15 is 0 Å². The second-order valence-electron chi connectivity index (χ2n) is 5.88. The number of aromatic amines is 1. The van der Waals surface area contributed by atoms with Crippen LogP contribution in [0.25, 0.3) is 10.9 Å². The van der Waals surface area contributed by atoms with Crippen LogP contribution in [0, 0.1) is 0 Å². The average molecular weight is 334 g/mol. The molecule has 2 heterocycles. The fourth-order valence-electron chi connectivity index (χ4n) is 2.84. The molecule has 0 bridgehead atoms. The van der Waals surface area contributed by atoms with Gasteiger partial charge in [-0.1, -0.05) is 18.2 Å². The van der Waals surface area contributed by atoms with Gasteiger partial charge in [0.05, 0.1) is 11.5 Å². The van der Waals surface area contributed by atoms with Crippen molar-refractivity contribution in [1.82, 2.24) is 10.3 Å². The molecule has 122 valence electrons. The third-order valence-electron chi connectivity index (χ3n) is 4.05. The van der Waals surface area contributed by atoms with E-state index in [1.165, 1.54) is 0 Å². The molecule has 1 atom stereocenters. The summed E-state index contributed by atoms with van der Waals surface area (Å²) in [6, 6.07) is 8.95. The number of aromatic nitrogens is 1. The second-order valence-corrected chi connectivity index (χ2v) is 8.11. The number of hydrogen-bond acceptors (Lipinski definition) is 4. The third-order valence-corrected chi connectivity index (χ3v) is 5.82. The lowest BCUT2D eigenvalue weighted by Gasteiger charge is -2.10. The van der Waals surface area contributed by atoms with Crippen molar-refractivity contribution in [1.29, 1.82) is 0 Å². The number of benzene rings is 1. The predicted molar refractivity (Wildman–Crippen MR) is 88.1 cm³/mol. The van der Waals surface area contributed by atoms with Gasteiger partial charge in [0.15, 0.2) is 9.84 Å². The molecule has 0 unspecified atom stereocenters. The SMILES string of the molecule is O=C(CCc1cc2ccccc2[nH]c1=O)N[C@@H]1CCS(=O)(=O)C1. The number of H-pyrrole nitrogens is 1. The van der Waals surface area contributed by atoms with Crippen molar-refractivity contribution in [3.05, 3.63) is 46.2 Å². The number of rotatable bonds is 4. The van der Waals surface area contributed by atoms with E-state index < -0.39 is 9.84 Å². The smallest absolute Gasteiger partial charge is 0.251 e. The normalized spacial score (nSPS) is 19.7. The summed E-state index contributed by atoms with van der Waals surface area (Å²) in [5.41, 5.74) is 1.12. The maximum atomic E-state index is 12.0. The van der Waals surface area contributed by atoms with Gasteiger partial charge in [-0.2, -0.15) is 0 Å². The summed E-state index contributed by atoms with van der Waals surface area (Å²) in [6.07, 6.45) is 0.952. The van der Waals surface area contributed by atoms with Crippen molar-refractivity contribution in [2.45, 2.75) is 25.3 Å². The van der Waals surface area contributed by atoms with Gasteiger partial charge >= 0.3 is 0 Å². The Kier molecular flexibility index (Phi) is 4.21. The van der Waals surface area contributed by atoms with Crippen molar-refractivity contribution in [3.63, 3.8) is 0 Å². The molecule has 0 aliphatic carbocycles. The van der Waals surface area contributed by atoms with E-state index in [1.807, 2.05) is 24.3 Å². The first-order valence-corrected chi connectivity index (χ1v) is 9.36. The van der Waals surface area contributed by atoms with Crippen LogP contribution < -0.4 is 10.9 Å². The van der Waals surface area contributed by atoms with E-state index in [-0.39, 0.29) is 35.4 Å². The molecular formula is C16H18N2O4S. The quantitative estimate of drug-likeness (QED) is 0.863. The molecule has 6 nitrogen and oxygen atoms in total. The van der Waals surface area contributed by atoms with Gasteiger partial charge in [-0.15, -0.1) is 0 Å². The number of amides is 1. The highest BCUT2D eigenvalue weighted by molar-refractivity contribution is 7.91. The first-order chi connectivity index (χ1) is 10.9. The lowest BCUT2D eigenvalue weighted by atomic mass is 10.1. The number of aryl methyl sites for hydroxylation is 1. The third kappa shape index (κ3) is 3.79. The van der Waals surface area contributed by atoms with Crippen molar-refractivity contribution in [2.24, 2.45) is 0 Å². The van der Waals surface area contributed by atoms with Crippen LogP contribution in [-0.4, -0.2) is 36.9 Å². The van der Waals surface area contributed by atoms with Crippen LogP contribution in [-0.2, 0) is 21.1 Å². The highest BCUT2D eigenvalue weighted by Gasteiger charge is 2.28. The molecule has 1 saturated heterocycles.